The van der Waals surface area contributed by atoms with Crippen LogP contribution in [0.4, 0.5) is 0 Å². The van der Waals surface area contributed by atoms with Crippen molar-refractivity contribution in [3.05, 3.63) is 36.5 Å². The number of hydrogen-bond acceptors (Lipinski definition) is 5. The summed E-state index contributed by atoms with van der Waals surface area (Å²) in [6.07, 6.45) is 71.7. The Morgan fingerprint density at radius 3 is 1.07 bits per heavy atom. The van der Waals surface area contributed by atoms with Gasteiger partial charge in [-0.2, -0.15) is 0 Å². The van der Waals surface area contributed by atoms with Gasteiger partial charge < -0.3 is 20.3 Å². The van der Waals surface area contributed by atoms with Crippen LogP contribution in [-0.4, -0.2) is 47.4 Å². The van der Waals surface area contributed by atoms with Crippen molar-refractivity contribution in [3.8, 4) is 0 Å². The van der Waals surface area contributed by atoms with Crippen LogP contribution in [0.5, 0.6) is 0 Å². The van der Waals surface area contributed by atoms with Crippen LogP contribution in [0.25, 0.3) is 0 Å². The van der Waals surface area contributed by atoms with Crippen LogP contribution in [0.3, 0.4) is 0 Å². The Hall–Kier alpha value is -1.92. The van der Waals surface area contributed by atoms with Gasteiger partial charge in [0, 0.05) is 12.8 Å². The fourth-order valence-corrected chi connectivity index (χ4v) is 9.21. The number of aliphatic hydroxyl groups excluding tert-OH is 2. The highest BCUT2D eigenvalue weighted by Crippen LogP contribution is 2.17. The predicted molar refractivity (Wildman–Crippen MR) is 296 cm³/mol. The SMILES string of the molecule is CCCCC/C=C\CCCCCCCC(=O)OCCCCCCCCCCCCC/C=C\CCCCCCCCCC(=O)NC(CO)C(O)/C=C/CCCCCCCCCCCCCCCCC. The number of aliphatic hydroxyl groups is 2. The molecule has 0 aliphatic rings. The third-order valence-electron chi connectivity index (χ3n) is 13.9. The van der Waals surface area contributed by atoms with Gasteiger partial charge in [0.2, 0.25) is 5.91 Å². The molecule has 0 saturated heterocycles. The van der Waals surface area contributed by atoms with Gasteiger partial charge in [0.25, 0.3) is 0 Å². The highest BCUT2D eigenvalue weighted by molar-refractivity contribution is 5.76. The number of unbranched alkanes of at least 4 members (excludes halogenated alkanes) is 41. The number of allylic oxidation sites excluding steroid dienone is 5. The Bertz CT molecular complexity index is 1100. The molecular formula is C62H117NO5. The quantitative estimate of drug-likeness (QED) is 0.0321. The summed E-state index contributed by atoms with van der Waals surface area (Å²) in [6, 6.07) is -0.633. The highest BCUT2D eigenvalue weighted by atomic mass is 16.5. The lowest BCUT2D eigenvalue weighted by Crippen LogP contribution is -2.45. The maximum atomic E-state index is 12.5. The van der Waals surface area contributed by atoms with Crippen LogP contribution in [0.1, 0.15) is 322 Å². The number of ether oxygens (including phenoxy) is 1. The minimum Gasteiger partial charge on any atom is -0.466 e. The zero-order valence-corrected chi connectivity index (χ0v) is 45.6. The van der Waals surface area contributed by atoms with Crippen LogP contribution in [0, 0.1) is 0 Å². The molecule has 0 aromatic rings. The summed E-state index contributed by atoms with van der Waals surface area (Å²) < 4.78 is 5.46. The van der Waals surface area contributed by atoms with Gasteiger partial charge in [0.05, 0.1) is 25.4 Å². The first-order valence-corrected chi connectivity index (χ1v) is 30.3. The Labute approximate surface area is 424 Å². The van der Waals surface area contributed by atoms with E-state index in [-0.39, 0.29) is 18.5 Å². The number of hydrogen-bond donors (Lipinski definition) is 3. The number of esters is 1. The zero-order valence-electron chi connectivity index (χ0n) is 45.6. The minimum absolute atomic E-state index is 0.000856. The third-order valence-corrected chi connectivity index (χ3v) is 13.9. The Morgan fingerprint density at radius 2 is 0.691 bits per heavy atom. The first-order valence-electron chi connectivity index (χ1n) is 30.3. The van der Waals surface area contributed by atoms with Crippen molar-refractivity contribution in [1.29, 1.82) is 0 Å². The summed E-state index contributed by atoms with van der Waals surface area (Å²) in [7, 11) is 0. The first-order chi connectivity index (χ1) is 33.5. The summed E-state index contributed by atoms with van der Waals surface area (Å²) in [5.41, 5.74) is 0. The van der Waals surface area contributed by atoms with Gasteiger partial charge in [-0.1, -0.05) is 262 Å². The normalized spacial score (nSPS) is 12.8. The van der Waals surface area contributed by atoms with Gasteiger partial charge in [-0.05, 0) is 83.5 Å². The van der Waals surface area contributed by atoms with E-state index in [1.807, 2.05) is 6.08 Å². The molecule has 2 atom stereocenters. The topological polar surface area (TPSA) is 95.9 Å². The maximum Gasteiger partial charge on any atom is 0.305 e. The van der Waals surface area contributed by atoms with Crippen LogP contribution in [-0.2, 0) is 14.3 Å². The standard InChI is InChI=1S/C62H117NO5/c1-3-5-7-9-11-13-15-17-18-25-28-31-34-38-42-46-50-54-60(65)59(58-64)63-61(66)55-51-47-43-39-35-32-29-26-23-21-19-20-22-24-27-30-33-37-41-45-49-53-57-68-62(67)56-52-48-44-40-36-16-14-12-10-8-6-4-2/h12,14,21,23,50,54,59-60,64-65H,3-11,13,15-20,22,24-49,51-53,55-58H2,1-2H3,(H,63,66)/b14-12-,23-21-,54-50+. The van der Waals surface area contributed by atoms with Gasteiger partial charge >= 0.3 is 5.97 Å². The van der Waals surface area contributed by atoms with E-state index < -0.39 is 12.1 Å². The number of carbonyl (C=O) groups is 2. The summed E-state index contributed by atoms with van der Waals surface area (Å²) in [4.78, 5) is 24.5. The van der Waals surface area contributed by atoms with E-state index in [9.17, 15) is 19.8 Å². The maximum absolute atomic E-state index is 12.5. The van der Waals surface area contributed by atoms with Crippen LogP contribution < -0.4 is 5.32 Å². The number of nitrogens with one attached hydrogen (secondary N) is 1. The fourth-order valence-electron chi connectivity index (χ4n) is 9.21. The van der Waals surface area contributed by atoms with Gasteiger partial charge in [-0.15, -0.1) is 0 Å². The lowest BCUT2D eigenvalue weighted by molar-refractivity contribution is -0.143. The predicted octanol–water partition coefficient (Wildman–Crippen LogP) is 18.8. The smallest absolute Gasteiger partial charge is 0.305 e. The van der Waals surface area contributed by atoms with E-state index in [1.165, 1.54) is 244 Å². The Morgan fingerprint density at radius 1 is 0.397 bits per heavy atom. The van der Waals surface area contributed by atoms with Crippen LogP contribution in [0.15, 0.2) is 36.5 Å². The van der Waals surface area contributed by atoms with Crippen molar-refractivity contribution in [1.82, 2.24) is 5.32 Å². The molecule has 0 rings (SSSR count). The van der Waals surface area contributed by atoms with E-state index in [1.54, 1.807) is 6.08 Å². The minimum atomic E-state index is -0.849. The van der Waals surface area contributed by atoms with Crippen molar-refractivity contribution in [2.45, 2.75) is 334 Å². The molecule has 0 heterocycles. The number of amides is 1. The number of carbonyl (C=O) groups excluding carboxylic acids is 2. The first kappa shape index (κ1) is 66.1. The second-order valence-corrected chi connectivity index (χ2v) is 20.7. The lowest BCUT2D eigenvalue weighted by atomic mass is 10.0. The molecule has 3 N–H and O–H groups in total. The van der Waals surface area contributed by atoms with Crippen LogP contribution >= 0.6 is 0 Å². The molecular weight excluding hydrogens is 839 g/mol. The van der Waals surface area contributed by atoms with Crippen molar-refractivity contribution >= 4 is 11.9 Å². The second kappa shape index (κ2) is 57.7. The molecule has 6 nitrogen and oxygen atoms in total. The zero-order chi connectivity index (χ0) is 49.3. The molecule has 68 heavy (non-hydrogen) atoms. The fraction of sp³-hybridized carbons (Fsp3) is 0.871. The molecule has 6 heteroatoms. The molecule has 0 aliphatic carbocycles. The average molecular weight is 957 g/mol. The van der Waals surface area contributed by atoms with E-state index in [2.05, 4.69) is 43.5 Å². The van der Waals surface area contributed by atoms with Crippen molar-refractivity contribution in [3.63, 3.8) is 0 Å². The molecule has 0 saturated carbocycles. The number of rotatable bonds is 56. The molecule has 2 unspecified atom stereocenters. The average Bonchev–Trinajstić information content (AvgIpc) is 3.34. The van der Waals surface area contributed by atoms with E-state index in [0.29, 0.717) is 19.4 Å². The van der Waals surface area contributed by atoms with E-state index in [4.69, 9.17) is 4.74 Å². The van der Waals surface area contributed by atoms with E-state index >= 15 is 0 Å². The van der Waals surface area contributed by atoms with Gasteiger partial charge in [-0.25, -0.2) is 0 Å². The Kier molecular flexibility index (Phi) is 56.0. The van der Waals surface area contributed by atoms with Gasteiger partial charge in [0.1, 0.15) is 0 Å². The van der Waals surface area contributed by atoms with Gasteiger partial charge in [0.15, 0.2) is 0 Å². The second-order valence-electron chi connectivity index (χ2n) is 20.7. The van der Waals surface area contributed by atoms with Crippen molar-refractivity contribution < 1.29 is 24.5 Å². The van der Waals surface area contributed by atoms with Gasteiger partial charge in [-0.3, -0.25) is 9.59 Å². The third kappa shape index (κ3) is 53.4. The largest absolute Gasteiger partial charge is 0.466 e. The molecule has 1 amide bonds. The molecule has 0 spiro atoms. The summed E-state index contributed by atoms with van der Waals surface area (Å²) in [5.74, 6) is -0.0745. The van der Waals surface area contributed by atoms with Crippen LogP contribution in [0.2, 0.25) is 0 Å². The molecule has 0 aliphatic heterocycles. The molecule has 0 fully saturated rings. The lowest BCUT2D eigenvalue weighted by Gasteiger charge is -2.20. The summed E-state index contributed by atoms with van der Waals surface area (Å²) >= 11 is 0. The molecule has 0 radical (unpaired) electrons. The monoisotopic (exact) mass is 956 g/mol. The molecule has 400 valence electrons. The van der Waals surface area contributed by atoms with Crippen molar-refractivity contribution in [2.75, 3.05) is 13.2 Å². The molecule has 0 bridgehead atoms. The summed E-state index contributed by atoms with van der Waals surface area (Å²) in [5, 5.41) is 23.1. The highest BCUT2D eigenvalue weighted by Gasteiger charge is 2.18. The summed E-state index contributed by atoms with van der Waals surface area (Å²) in [6.45, 7) is 4.88. The molecule has 0 aromatic carbocycles. The van der Waals surface area contributed by atoms with E-state index in [0.717, 1.165) is 51.4 Å². The Balaban J connectivity index is 3.46. The van der Waals surface area contributed by atoms with Crippen molar-refractivity contribution in [2.24, 2.45) is 0 Å². The molecule has 0 aromatic heterocycles.